The molecule has 1 amide bonds. The van der Waals surface area contributed by atoms with Gasteiger partial charge >= 0.3 is 6.03 Å². The zero-order valence-electron chi connectivity index (χ0n) is 28.6. The second-order valence-corrected chi connectivity index (χ2v) is 17.3. The number of likely N-dealkylation sites (tertiary alicyclic amines) is 1. The van der Waals surface area contributed by atoms with Gasteiger partial charge in [-0.05, 0) is 44.9 Å². The van der Waals surface area contributed by atoms with Crippen LogP contribution in [0.4, 0.5) is 0 Å². The van der Waals surface area contributed by atoms with Crippen molar-refractivity contribution in [2.75, 3.05) is 13.1 Å². The minimum Gasteiger partial charge on any atom is -0.340 e. The van der Waals surface area contributed by atoms with Crippen molar-refractivity contribution in [3.05, 3.63) is 57.6 Å². The van der Waals surface area contributed by atoms with Gasteiger partial charge in [0.2, 0.25) is 18.0 Å². The summed E-state index contributed by atoms with van der Waals surface area (Å²) >= 11 is 0. The molecule has 0 N–H and O–H groups in total. The molecule has 4 aliphatic heterocycles. The lowest BCUT2D eigenvalue weighted by Gasteiger charge is -2.35. The van der Waals surface area contributed by atoms with Crippen molar-refractivity contribution in [3.63, 3.8) is 0 Å². The number of nitrogens with zero attached hydrogens (tertiary/aromatic N) is 3. The Kier molecular flexibility index (Phi) is 6.22. The van der Waals surface area contributed by atoms with E-state index in [0.717, 1.165) is 22.6 Å². The first-order chi connectivity index (χ1) is 19.6. The molecule has 2 aromatic rings. The number of carbonyl (C=O) groups is 1. The van der Waals surface area contributed by atoms with Crippen LogP contribution >= 0.6 is 0 Å². The predicted molar refractivity (Wildman–Crippen MR) is 172 cm³/mol. The molecule has 4 heterocycles. The highest BCUT2D eigenvalue weighted by atomic mass is 16.7. The first-order valence-electron chi connectivity index (χ1n) is 15.9. The largest absolute Gasteiger partial charge is 0.704 e. The van der Waals surface area contributed by atoms with Crippen LogP contribution in [-0.2, 0) is 26.5 Å². The first kappa shape index (κ1) is 29.9. The van der Waals surface area contributed by atoms with E-state index in [4.69, 9.17) is 9.47 Å². The van der Waals surface area contributed by atoms with Crippen molar-refractivity contribution in [2.45, 2.75) is 130 Å². The van der Waals surface area contributed by atoms with Gasteiger partial charge in [-0.3, -0.25) is 4.79 Å². The highest BCUT2D eigenvalue weighted by molar-refractivity contribution is 5.85. The van der Waals surface area contributed by atoms with Crippen LogP contribution in [0.25, 0.3) is 0 Å². The Labute approximate surface area is 258 Å². The topological polar surface area (TPSA) is 44.8 Å². The smallest absolute Gasteiger partial charge is 0.340 e. The second kappa shape index (κ2) is 8.95. The number of amides is 1. The molecule has 0 aliphatic carbocycles. The average molecular weight is 586 g/mol. The molecule has 4 aliphatic rings. The lowest BCUT2D eigenvalue weighted by atomic mass is 9.78. The molecule has 0 radical (unpaired) electrons. The molecule has 6 rings (SSSR count). The molecule has 6 heteroatoms. The standard InChI is InChI=1S/C37H51N3O3/c1-22(41)38-20-29-30(21-38)40-19-24-15-26(34(5,6)7)17-28(36(11,12)13)32(24)43-37(40)39(29)18-23-14-25(33(2,3)4)16-27(31(23)42-37)35(8,9)10/h14-19,29-30H,20-21H2,1-13H3/q+2/t29-,30-,37?/m1/s1. The molecule has 2 atom stereocenters. The van der Waals surface area contributed by atoms with Gasteiger partial charge in [-0.15, -0.1) is 0 Å². The summed E-state index contributed by atoms with van der Waals surface area (Å²) in [6, 6.07) is 8.09. The molecule has 0 unspecified atom stereocenters. The van der Waals surface area contributed by atoms with Crippen LogP contribution in [0.3, 0.4) is 0 Å². The third-order valence-electron chi connectivity index (χ3n) is 9.68. The maximum absolute atomic E-state index is 12.6. The zero-order chi connectivity index (χ0) is 31.7. The summed E-state index contributed by atoms with van der Waals surface area (Å²) < 4.78 is 19.1. The van der Waals surface area contributed by atoms with Crippen molar-refractivity contribution < 1.29 is 23.4 Å². The van der Waals surface area contributed by atoms with Gasteiger partial charge < -0.3 is 14.4 Å². The minimum atomic E-state index is -1.18. The van der Waals surface area contributed by atoms with E-state index in [9.17, 15) is 4.79 Å². The van der Waals surface area contributed by atoms with Gasteiger partial charge in [0.15, 0.2) is 23.9 Å². The first-order valence-corrected chi connectivity index (χ1v) is 15.9. The third-order valence-corrected chi connectivity index (χ3v) is 9.68. The molecule has 2 saturated heterocycles. The van der Waals surface area contributed by atoms with E-state index in [-0.39, 0.29) is 39.7 Å². The number of hydrogen-bond donors (Lipinski definition) is 0. The number of carbonyl (C=O) groups excluding carboxylic acids is 1. The van der Waals surface area contributed by atoms with Crippen LogP contribution < -0.4 is 9.47 Å². The summed E-state index contributed by atoms with van der Waals surface area (Å²) in [6.45, 7) is 30.0. The van der Waals surface area contributed by atoms with Crippen molar-refractivity contribution in [1.29, 1.82) is 0 Å². The van der Waals surface area contributed by atoms with Crippen LogP contribution in [0, 0.1) is 0 Å². The van der Waals surface area contributed by atoms with Gasteiger partial charge in [0.05, 0.1) is 24.2 Å². The molecule has 2 aromatic carbocycles. The Morgan fingerprint density at radius 2 is 1.05 bits per heavy atom. The number of hydrogen-bond acceptors (Lipinski definition) is 3. The van der Waals surface area contributed by atoms with Crippen LogP contribution in [0.5, 0.6) is 11.5 Å². The van der Waals surface area contributed by atoms with E-state index >= 15 is 0 Å². The Hall–Kier alpha value is -3.15. The summed E-state index contributed by atoms with van der Waals surface area (Å²) in [6.07, 6.45) is 4.51. The van der Waals surface area contributed by atoms with Crippen molar-refractivity contribution in [1.82, 2.24) is 4.90 Å². The maximum Gasteiger partial charge on any atom is 0.704 e. The number of ether oxygens (including phenoxy) is 2. The molecule has 2 fully saturated rings. The predicted octanol–water partition coefficient (Wildman–Crippen LogP) is 6.45. The number of benzene rings is 2. The Morgan fingerprint density at radius 1 is 0.674 bits per heavy atom. The molecule has 43 heavy (non-hydrogen) atoms. The SMILES string of the molecule is CC(=O)N1C[C@@H]2[C@@H](C1)[N+]1=Cc3cc(C(C)(C)C)cc(C(C)(C)C)c3OC13Oc1c(cc(C(C)(C)C)cc1C(C)(C)C)C=[N+]23. The van der Waals surface area contributed by atoms with E-state index in [2.05, 4.69) is 129 Å². The molecule has 1 spiro atoms. The molecule has 6 nitrogen and oxygen atoms in total. The monoisotopic (exact) mass is 585 g/mol. The van der Waals surface area contributed by atoms with Gasteiger partial charge in [0.1, 0.15) is 0 Å². The molecule has 0 saturated carbocycles. The number of rotatable bonds is 0. The quantitative estimate of drug-likeness (QED) is 0.334. The molecule has 0 aromatic heterocycles. The maximum atomic E-state index is 12.6. The van der Waals surface area contributed by atoms with E-state index < -0.39 is 6.03 Å². The molecular weight excluding hydrogens is 534 g/mol. The Bertz CT molecular complexity index is 1490. The summed E-state index contributed by atoms with van der Waals surface area (Å²) in [5, 5.41) is 0. The van der Waals surface area contributed by atoms with Crippen molar-refractivity contribution in [3.8, 4) is 11.5 Å². The van der Waals surface area contributed by atoms with Gasteiger partial charge in [-0.25, -0.2) is 0 Å². The van der Waals surface area contributed by atoms with Crippen molar-refractivity contribution in [2.24, 2.45) is 0 Å². The Morgan fingerprint density at radius 3 is 1.35 bits per heavy atom. The Balaban J connectivity index is 1.64. The van der Waals surface area contributed by atoms with Crippen LogP contribution in [-0.4, -0.2) is 63.6 Å². The van der Waals surface area contributed by atoms with Gasteiger partial charge in [-0.2, -0.15) is 0 Å². The van der Waals surface area contributed by atoms with E-state index in [1.165, 1.54) is 22.3 Å². The fourth-order valence-corrected chi connectivity index (χ4v) is 6.98. The lowest BCUT2D eigenvalue weighted by molar-refractivity contribution is -0.867. The number of fused-ring (bicyclic) bond motifs is 5. The van der Waals surface area contributed by atoms with E-state index in [1.807, 2.05) is 4.90 Å². The zero-order valence-corrected chi connectivity index (χ0v) is 28.6. The summed E-state index contributed by atoms with van der Waals surface area (Å²) in [5.74, 6) is 1.86. The van der Waals surface area contributed by atoms with Gasteiger partial charge in [0, 0.05) is 18.1 Å². The molecule has 230 valence electrons. The van der Waals surface area contributed by atoms with E-state index in [1.54, 1.807) is 6.92 Å². The fraction of sp³-hybridized carbons (Fsp3) is 0.595. The average Bonchev–Trinajstić information content (AvgIpc) is 3.38. The minimum absolute atomic E-state index is 0.0171. The third kappa shape index (κ3) is 4.62. The summed E-state index contributed by atoms with van der Waals surface area (Å²) in [5.41, 5.74) is 6.73. The van der Waals surface area contributed by atoms with Gasteiger partial charge in [-0.1, -0.05) is 104 Å². The van der Waals surface area contributed by atoms with Crippen LogP contribution in [0.1, 0.15) is 123 Å². The highest BCUT2D eigenvalue weighted by Crippen LogP contribution is 2.49. The van der Waals surface area contributed by atoms with Crippen LogP contribution in [0.2, 0.25) is 0 Å². The fourth-order valence-electron chi connectivity index (χ4n) is 6.98. The van der Waals surface area contributed by atoms with Crippen molar-refractivity contribution >= 4 is 18.3 Å². The molecule has 0 bridgehead atoms. The molecular formula is C37H51N3O3+2. The highest BCUT2D eigenvalue weighted by Gasteiger charge is 2.78. The van der Waals surface area contributed by atoms with Gasteiger partial charge in [0.25, 0.3) is 0 Å². The van der Waals surface area contributed by atoms with Crippen LogP contribution in [0.15, 0.2) is 24.3 Å². The normalized spacial score (nSPS) is 22.3. The van der Waals surface area contributed by atoms with E-state index in [0.29, 0.717) is 13.1 Å². The lowest BCUT2D eigenvalue weighted by Crippen LogP contribution is -2.62. The second-order valence-electron chi connectivity index (χ2n) is 17.3. The summed E-state index contributed by atoms with van der Waals surface area (Å²) in [4.78, 5) is 14.6. The summed E-state index contributed by atoms with van der Waals surface area (Å²) in [7, 11) is 0.